The Bertz CT molecular complexity index is 643. The van der Waals surface area contributed by atoms with Gasteiger partial charge in [0, 0.05) is 11.4 Å². The fourth-order valence-electron chi connectivity index (χ4n) is 2.23. The summed E-state index contributed by atoms with van der Waals surface area (Å²) in [5.41, 5.74) is 1.61. The van der Waals surface area contributed by atoms with Crippen LogP contribution in [0.1, 0.15) is 0 Å². The van der Waals surface area contributed by atoms with Crippen LogP contribution in [0.4, 0.5) is 16.2 Å². The second kappa shape index (κ2) is 5.66. The zero-order valence-electron chi connectivity index (χ0n) is 11.4. The van der Waals surface area contributed by atoms with Crippen LogP contribution in [-0.4, -0.2) is 30.1 Å². The van der Waals surface area contributed by atoms with Crippen molar-refractivity contribution in [1.82, 2.24) is 4.90 Å². The molecule has 0 radical (unpaired) electrons. The van der Waals surface area contributed by atoms with E-state index in [-0.39, 0.29) is 25.2 Å². The predicted octanol–water partition coefficient (Wildman–Crippen LogP) is 2.52. The summed E-state index contributed by atoms with van der Waals surface area (Å²) in [4.78, 5) is 27.0. The molecule has 5 heteroatoms. The molecule has 1 saturated heterocycles. The summed E-state index contributed by atoms with van der Waals surface area (Å²) < 4.78 is 0. The standard InChI is InChI=1S/C16H15N3O2/c20-15-11-18(14-9-5-2-6-10-14)16(21)19(15)12-17-13-7-3-1-4-8-13/h1-10,17H,11-12H2. The Morgan fingerprint density at radius 3 is 2.19 bits per heavy atom. The third-order valence-corrected chi connectivity index (χ3v) is 3.34. The maximum Gasteiger partial charge on any atom is 0.333 e. The third kappa shape index (κ3) is 2.72. The van der Waals surface area contributed by atoms with Crippen LogP contribution in [0.25, 0.3) is 0 Å². The van der Waals surface area contributed by atoms with Gasteiger partial charge in [0.1, 0.15) is 6.54 Å². The summed E-state index contributed by atoms with van der Waals surface area (Å²) in [5, 5.41) is 3.08. The normalized spacial score (nSPS) is 14.7. The van der Waals surface area contributed by atoms with Crippen LogP contribution in [0.15, 0.2) is 60.7 Å². The fraction of sp³-hybridized carbons (Fsp3) is 0.125. The fourth-order valence-corrected chi connectivity index (χ4v) is 2.23. The van der Waals surface area contributed by atoms with E-state index in [1.54, 1.807) is 0 Å². The number of anilines is 2. The van der Waals surface area contributed by atoms with E-state index in [9.17, 15) is 9.59 Å². The van der Waals surface area contributed by atoms with Gasteiger partial charge in [-0.25, -0.2) is 9.69 Å². The lowest BCUT2D eigenvalue weighted by atomic mass is 10.3. The summed E-state index contributed by atoms with van der Waals surface area (Å²) in [6, 6.07) is 18.4. The molecule has 1 fully saturated rings. The number of amides is 3. The molecule has 1 aliphatic rings. The number of hydrogen-bond donors (Lipinski definition) is 1. The largest absolute Gasteiger partial charge is 0.367 e. The van der Waals surface area contributed by atoms with Crippen LogP contribution in [0.5, 0.6) is 0 Å². The maximum absolute atomic E-state index is 12.3. The molecule has 0 saturated carbocycles. The van der Waals surface area contributed by atoms with Gasteiger partial charge < -0.3 is 5.32 Å². The molecular formula is C16H15N3O2. The van der Waals surface area contributed by atoms with E-state index in [0.29, 0.717) is 0 Å². The molecule has 0 atom stereocenters. The molecule has 1 N–H and O–H groups in total. The van der Waals surface area contributed by atoms with Gasteiger partial charge in [-0.05, 0) is 24.3 Å². The molecule has 5 nitrogen and oxygen atoms in total. The van der Waals surface area contributed by atoms with Crippen LogP contribution in [0, 0.1) is 0 Å². The Balaban J connectivity index is 1.70. The van der Waals surface area contributed by atoms with Gasteiger partial charge in [0.05, 0.1) is 6.67 Å². The van der Waals surface area contributed by atoms with Crippen molar-refractivity contribution in [3.05, 3.63) is 60.7 Å². The Kier molecular flexibility index (Phi) is 3.55. The lowest BCUT2D eigenvalue weighted by molar-refractivity contribution is -0.124. The molecule has 106 valence electrons. The average molecular weight is 281 g/mol. The molecule has 3 amide bonds. The van der Waals surface area contributed by atoms with E-state index >= 15 is 0 Å². The summed E-state index contributed by atoms with van der Waals surface area (Å²) in [7, 11) is 0. The van der Waals surface area contributed by atoms with Crippen molar-refractivity contribution in [3.63, 3.8) is 0 Å². The predicted molar refractivity (Wildman–Crippen MR) is 81.0 cm³/mol. The quantitative estimate of drug-likeness (QED) is 0.876. The smallest absolute Gasteiger partial charge is 0.333 e. The van der Waals surface area contributed by atoms with Crippen molar-refractivity contribution in [2.45, 2.75) is 0 Å². The monoisotopic (exact) mass is 281 g/mol. The second-order valence-electron chi connectivity index (χ2n) is 4.73. The Labute approximate surface area is 122 Å². The summed E-state index contributed by atoms with van der Waals surface area (Å²) in [5.74, 6) is -0.202. The van der Waals surface area contributed by atoms with E-state index < -0.39 is 0 Å². The van der Waals surface area contributed by atoms with Gasteiger partial charge in [-0.1, -0.05) is 36.4 Å². The van der Waals surface area contributed by atoms with Gasteiger partial charge in [0.2, 0.25) is 0 Å². The van der Waals surface area contributed by atoms with E-state index in [1.165, 1.54) is 9.80 Å². The molecule has 0 aliphatic carbocycles. The number of imide groups is 1. The van der Waals surface area contributed by atoms with Crippen LogP contribution in [0.3, 0.4) is 0 Å². The van der Waals surface area contributed by atoms with Gasteiger partial charge in [0.15, 0.2) is 0 Å². The van der Waals surface area contributed by atoms with Gasteiger partial charge in [0.25, 0.3) is 5.91 Å². The highest BCUT2D eigenvalue weighted by molar-refractivity contribution is 6.12. The number of carbonyl (C=O) groups excluding carboxylic acids is 2. The molecule has 2 aromatic rings. The minimum Gasteiger partial charge on any atom is -0.367 e. The van der Waals surface area contributed by atoms with Crippen molar-refractivity contribution in [2.75, 3.05) is 23.4 Å². The molecule has 0 spiro atoms. The molecule has 3 rings (SSSR count). The summed E-state index contributed by atoms with van der Waals surface area (Å²) in [6.07, 6.45) is 0. The Hall–Kier alpha value is -2.82. The number of urea groups is 1. The second-order valence-corrected chi connectivity index (χ2v) is 4.73. The van der Waals surface area contributed by atoms with Gasteiger partial charge in [-0.3, -0.25) is 9.69 Å². The van der Waals surface area contributed by atoms with Crippen molar-refractivity contribution < 1.29 is 9.59 Å². The highest BCUT2D eigenvalue weighted by atomic mass is 16.2. The van der Waals surface area contributed by atoms with Crippen molar-refractivity contribution in [3.8, 4) is 0 Å². The zero-order chi connectivity index (χ0) is 14.7. The molecule has 21 heavy (non-hydrogen) atoms. The summed E-state index contributed by atoms with van der Waals surface area (Å²) >= 11 is 0. The van der Waals surface area contributed by atoms with Crippen LogP contribution < -0.4 is 10.2 Å². The number of benzene rings is 2. The Morgan fingerprint density at radius 2 is 1.52 bits per heavy atom. The lowest BCUT2D eigenvalue weighted by Gasteiger charge is -2.18. The highest BCUT2D eigenvalue weighted by Crippen LogP contribution is 2.20. The van der Waals surface area contributed by atoms with E-state index in [0.717, 1.165) is 11.4 Å². The molecule has 0 unspecified atom stereocenters. The molecule has 2 aromatic carbocycles. The van der Waals surface area contributed by atoms with E-state index in [1.807, 2.05) is 60.7 Å². The van der Waals surface area contributed by atoms with Gasteiger partial charge in [-0.2, -0.15) is 0 Å². The number of carbonyl (C=O) groups is 2. The van der Waals surface area contributed by atoms with E-state index in [2.05, 4.69) is 5.32 Å². The Morgan fingerprint density at radius 1 is 0.905 bits per heavy atom. The number of para-hydroxylation sites is 2. The minimum atomic E-state index is -0.297. The van der Waals surface area contributed by atoms with Crippen LogP contribution >= 0.6 is 0 Å². The first-order valence-electron chi connectivity index (χ1n) is 6.71. The number of nitrogens with zero attached hydrogens (tertiary/aromatic N) is 2. The maximum atomic E-state index is 12.3. The number of nitrogens with one attached hydrogen (secondary N) is 1. The molecular weight excluding hydrogens is 266 g/mol. The zero-order valence-corrected chi connectivity index (χ0v) is 11.4. The third-order valence-electron chi connectivity index (χ3n) is 3.34. The number of rotatable bonds is 4. The van der Waals surface area contributed by atoms with Crippen molar-refractivity contribution in [1.29, 1.82) is 0 Å². The minimum absolute atomic E-state index is 0.0827. The SMILES string of the molecule is O=C1CN(c2ccccc2)C(=O)N1CNc1ccccc1. The van der Waals surface area contributed by atoms with E-state index in [4.69, 9.17) is 0 Å². The van der Waals surface area contributed by atoms with Crippen molar-refractivity contribution in [2.24, 2.45) is 0 Å². The van der Waals surface area contributed by atoms with Gasteiger partial charge >= 0.3 is 6.03 Å². The van der Waals surface area contributed by atoms with Gasteiger partial charge in [-0.15, -0.1) is 0 Å². The van der Waals surface area contributed by atoms with Crippen LogP contribution in [0.2, 0.25) is 0 Å². The first kappa shape index (κ1) is 13.2. The lowest BCUT2D eigenvalue weighted by Crippen LogP contribution is -2.36. The molecule has 0 aromatic heterocycles. The first-order chi connectivity index (χ1) is 10.3. The molecule has 1 aliphatic heterocycles. The van der Waals surface area contributed by atoms with Crippen molar-refractivity contribution >= 4 is 23.3 Å². The summed E-state index contributed by atoms with van der Waals surface area (Å²) in [6.45, 7) is 0.254. The number of hydrogen-bond acceptors (Lipinski definition) is 3. The molecule has 1 heterocycles. The first-order valence-corrected chi connectivity index (χ1v) is 6.71. The topological polar surface area (TPSA) is 52.7 Å². The highest BCUT2D eigenvalue weighted by Gasteiger charge is 2.36. The molecule has 0 bridgehead atoms. The average Bonchev–Trinajstić information content (AvgIpc) is 2.82. The van der Waals surface area contributed by atoms with Crippen LogP contribution in [-0.2, 0) is 4.79 Å².